The molecule has 0 spiro atoms. The molecule has 1 aliphatic rings. The van der Waals surface area contributed by atoms with Gasteiger partial charge < -0.3 is 15.7 Å². The quantitative estimate of drug-likeness (QED) is 0.841. The number of hydrogen-bond donors (Lipinski definition) is 2. The van der Waals surface area contributed by atoms with Crippen molar-refractivity contribution in [3.05, 3.63) is 29.8 Å². The molecule has 3 heteroatoms. The van der Waals surface area contributed by atoms with Crippen LogP contribution in [0, 0.1) is 0 Å². The fourth-order valence-corrected chi connectivity index (χ4v) is 2.50. The highest BCUT2D eigenvalue weighted by atomic mass is 16.3. The number of rotatable bonds is 3. The Morgan fingerprint density at radius 1 is 1.35 bits per heavy atom. The molecule has 1 aromatic carbocycles. The van der Waals surface area contributed by atoms with Gasteiger partial charge in [-0.1, -0.05) is 12.1 Å². The van der Waals surface area contributed by atoms with E-state index in [0.29, 0.717) is 0 Å². The molecule has 1 unspecified atom stereocenters. The van der Waals surface area contributed by atoms with Gasteiger partial charge in [0, 0.05) is 18.3 Å². The largest absolute Gasteiger partial charge is 0.394 e. The summed E-state index contributed by atoms with van der Waals surface area (Å²) >= 11 is 0. The van der Waals surface area contributed by atoms with Gasteiger partial charge in [0.05, 0.1) is 12.6 Å². The van der Waals surface area contributed by atoms with E-state index in [-0.39, 0.29) is 18.7 Å². The Hall–Kier alpha value is -1.06. The van der Waals surface area contributed by atoms with Crippen LogP contribution in [0.5, 0.6) is 0 Å². The molecule has 17 heavy (non-hydrogen) atoms. The first kappa shape index (κ1) is 12.4. The van der Waals surface area contributed by atoms with Crippen LogP contribution in [0.2, 0.25) is 0 Å². The third-order valence-electron chi connectivity index (χ3n) is 3.59. The first-order chi connectivity index (χ1) is 8.22. The Labute approximate surface area is 103 Å². The molecule has 2 rings (SSSR count). The van der Waals surface area contributed by atoms with E-state index in [0.717, 1.165) is 18.5 Å². The lowest BCUT2D eigenvalue weighted by atomic mass is 10.0. The molecular formula is C14H22N2O. The van der Waals surface area contributed by atoms with Crippen molar-refractivity contribution >= 4 is 5.69 Å². The average Bonchev–Trinajstić information content (AvgIpc) is 2.39. The molecule has 3 nitrogen and oxygen atoms in total. The van der Waals surface area contributed by atoms with Gasteiger partial charge in [-0.3, -0.25) is 0 Å². The van der Waals surface area contributed by atoms with Gasteiger partial charge in [-0.15, -0.1) is 0 Å². The summed E-state index contributed by atoms with van der Waals surface area (Å²) in [6.45, 7) is 3.28. The Kier molecular flexibility index (Phi) is 4.02. The van der Waals surface area contributed by atoms with E-state index in [1.165, 1.54) is 18.5 Å². The molecule has 1 heterocycles. The van der Waals surface area contributed by atoms with Crippen molar-refractivity contribution in [1.29, 1.82) is 0 Å². The van der Waals surface area contributed by atoms with Crippen LogP contribution < -0.4 is 10.6 Å². The van der Waals surface area contributed by atoms with Crippen molar-refractivity contribution < 1.29 is 5.11 Å². The molecule has 1 aliphatic heterocycles. The van der Waals surface area contributed by atoms with E-state index in [1.54, 1.807) is 0 Å². The zero-order chi connectivity index (χ0) is 12.3. The van der Waals surface area contributed by atoms with Crippen molar-refractivity contribution in [2.24, 2.45) is 5.73 Å². The number of aliphatic hydroxyl groups is 1. The monoisotopic (exact) mass is 234 g/mol. The van der Waals surface area contributed by atoms with Gasteiger partial charge in [0.15, 0.2) is 0 Å². The van der Waals surface area contributed by atoms with Gasteiger partial charge in [0.1, 0.15) is 0 Å². The van der Waals surface area contributed by atoms with E-state index >= 15 is 0 Å². The van der Waals surface area contributed by atoms with Crippen molar-refractivity contribution in [3.8, 4) is 0 Å². The normalized spacial score (nSPS) is 22.5. The first-order valence-corrected chi connectivity index (χ1v) is 6.45. The summed E-state index contributed by atoms with van der Waals surface area (Å²) in [7, 11) is 0. The summed E-state index contributed by atoms with van der Waals surface area (Å²) in [6.07, 6.45) is 3.52. The Morgan fingerprint density at radius 3 is 2.65 bits per heavy atom. The van der Waals surface area contributed by atoms with E-state index < -0.39 is 0 Å². The topological polar surface area (TPSA) is 49.5 Å². The maximum atomic E-state index is 9.40. The third-order valence-corrected chi connectivity index (χ3v) is 3.59. The highest BCUT2D eigenvalue weighted by Gasteiger charge is 2.21. The van der Waals surface area contributed by atoms with Crippen LogP contribution in [0.1, 0.15) is 37.8 Å². The number of nitrogens with zero attached hydrogens (tertiary/aromatic N) is 1. The molecule has 94 valence electrons. The van der Waals surface area contributed by atoms with Crippen molar-refractivity contribution in [3.63, 3.8) is 0 Å². The molecule has 0 bridgehead atoms. The molecule has 1 fully saturated rings. The van der Waals surface area contributed by atoms with Gasteiger partial charge in [0.2, 0.25) is 0 Å². The molecule has 0 aromatic heterocycles. The van der Waals surface area contributed by atoms with Crippen LogP contribution in [0.15, 0.2) is 24.3 Å². The van der Waals surface area contributed by atoms with E-state index in [2.05, 4.69) is 29.2 Å². The van der Waals surface area contributed by atoms with Crippen LogP contribution >= 0.6 is 0 Å². The maximum absolute atomic E-state index is 9.40. The fourth-order valence-electron chi connectivity index (χ4n) is 2.50. The molecule has 1 aromatic rings. The molecule has 0 radical (unpaired) electrons. The van der Waals surface area contributed by atoms with E-state index in [4.69, 9.17) is 5.73 Å². The predicted octanol–water partition coefficient (Wildman–Crippen LogP) is 2.06. The molecule has 0 amide bonds. The number of anilines is 1. The molecule has 0 aliphatic carbocycles. The van der Waals surface area contributed by atoms with Crippen molar-refractivity contribution in [2.45, 2.75) is 38.3 Å². The predicted molar refractivity (Wildman–Crippen MR) is 71.1 cm³/mol. The smallest absolute Gasteiger partial charge is 0.0635 e. The number of nitrogens with two attached hydrogens (primary N) is 1. The van der Waals surface area contributed by atoms with Crippen LogP contribution in [0.25, 0.3) is 0 Å². The zero-order valence-electron chi connectivity index (χ0n) is 10.5. The minimum Gasteiger partial charge on any atom is -0.394 e. The summed E-state index contributed by atoms with van der Waals surface area (Å²) in [6, 6.07) is 8.77. The van der Waals surface area contributed by atoms with Gasteiger partial charge >= 0.3 is 0 Å². The second-order valence-electron chi connectivity index (χ2n) is 4.91. The van der Waals surface area contributed by atoms with Gasteiger partial charge in [-0.25, -0.2) is 0 Å². The number of aliphatic hydroxyl groups excluding tert-OH is 1. The van der Waals surface area contributed by atoms with E-state index in [1.807, 2.05) is 6.92 Å². The zero-order valence-corrected chi connectivity index (χ0v) is 10.5. The number of piperidine rings is 1. The average molecular weight is 234 g/mol. The van der Waals surface area contributed by atoms with Gasteiger partial charge in [-0.05, 0) is 43.9 Å². The standard InChI is InChI=1S/C14H22N2O/c1-11(15)12-5-7-13(8-6-12)16-9-3-2-4-14(16)10-17/h5-8,11,14,17H,2-4,9-10,15H2,1H3/t11-,14?/m0/s1. The van der Waals surface area contributed by atoms with Crippen LogP contribution in [-0.2, 0) is 0 Å². The molecule has 0 saturated carbocycles. The first-order valence-electron chi connectivity index (χ1n) is 6.45. The van der Waals surface area contributed by atoms with Crippen molar-refractivity contribution in [1.82, 2.24) is 0 Å². The van der Waals surface area contributed by atoms with Crippen LogP contribution in [0.3, 0.4) is 0 Å². The van der Waals surface area contributed by atoms with Crippen molar-refractivity contribution in [2.75, 3.05) is 18.1 Å². The lowest BCUT2D eigenvalue weighted by Crippen LogP contribution is -2.41. The lowest BCUT2D eigenvalue weighted by Gasteiger charge is -2.36. The van der Waals surface area contributed by atoms with Crippen LogP contribution in [-0.4, -0.2) is 24.3 Å². The second-order valence-corrected chi connectivity index (χ2v) is 4.91. The van der Waals surface area contributed by atoms with Crippen LogP contribution in [0.4, 0.5) is 5.69 Å². The van der Waals surface area contributed by atoms with Gasteiger partial charge in [-0.2, -0.15) is 0 Å². The second kappa shape index (κ2) is 5.52. The summed E-state index contributed by atoms with van der Waals surface area (Å²) in [5.41, 5.74) is 8.20. The fraction of sp³-hybridized carbons (Fsp3) is 0.571. The SMILES string of the molecule is C[C@H](N)c1ccc(N2CCCCC2CO)cc1. The summed E-state index contributed by atoms with van der Waals surface area (Å²) in [4.78, 5) is 2.31. The Morgan fingerprint density at radius 2 is 2.06 bits per heavy atom. The Bertz CT molecular complexity index is 348. The molecule has 3 N–H and O–H groups in total. The number of hydrogen-bond acceptors (Lipinski definition) is 3. The molecular weight excluding hydrogens is 212 g/mol. The minimum absolute atomic E-state index is 0.0824. The highest BCUT2D eigenvalue weighted by Crippen LogP contribution is 2.25. The molecule has 1 saturated heterocycles. The summed E-state index contributed by atoms with van der Waals surface area (Å²) in [5, 5.41) is 9.40. The lowest BCUT2D eigenvalue weighted by molar-refractivity contribution is 0.240. The Balaban J connectivity index is 2.15. The van der Waals surface area contributed by atoms with Gasteiger partial charge in [0.25, 0.3) is 0 Å². The third kappa shape index (κ3) is 2.79. The summed E-state index contributed by atoms with van der Waals surface area (Å²) < 4.78 is 0. The van der Waals surface area contributed by atoms with E-state index in [9.17, 15) is 5.11 Å². The highest BCUT2D eigenvalue weighted by molar-refractivity contribution is 5.49. The maximum Gasteiger partial charge on any atom is 0.0635 e. The summed E-state index contributed by atoms with van der Waals surface area (Å²) in [5.74, 6) is 0. The minimum atomic E-state index is 0.0824. The number of benzene rings is 1. The molecule has 2 atom stereocenters.